The number of hydrogen-bond acceptors (Lipinski definition) is 2. The molecule has 3 nitrogen and oxygen atoms in total. The molecule has 1 aromatic heterocycles. The number of aromatic nitrogens is 2. The summed E-state index contributed by atoms with van der Waals surface area (Å²) in [5.41, 5.74) is 1.13. The maximum atomic E-state index is 4.53. The molecule has 17 heavy (non-hydrogen) atoms. The number of aryl methyl sites for hydroxylation is 1. The van der Waals surface area contributed by atoms with E-state index in [-0.39, 0.29) is 0 Å². The van der Waals surface area contributed by atoms with Crippen LogP contribution in [0.15, 0.2) is 24.9 Å². The molecule has 1 aromatic rings. The minimum Gasteiger partial charge on any atom is -0.309 e. The zero-order valence-electron chi connectivity index (χ0n) is 11.2. The quantitative estimate of drug-likeness (QED) is 0.526. The number of hydrogen-bond donors (Lipinski definition) is 1. The molecule has 0 aliphatic carbocycles. The van der Waals surface area contributed by atoms with Crippen LogP contribution in [0.4, 0.5) is 0 Å². The van der Waals surface area contributed by atoms with Crippen molar-refractivity contribution in [2.45, 2.75) is 58.7 Å². The molecule has 0 aromatic carbocycles. The van der Waals surface area contributed by atoms with Gasteiger partial charge in [0.1, 0.15) is 0 Å². The molecule has 1 heterocycles. The van der Waals surface area contributed by atoms with Crippen molar-refractivity contribution in [3.63, 3.8) is 0 Å². The summed E-state index contributed by atoms with van der Waals surface area (Å²) in [4.78, 5) is 0. The van der Waals surface area contributed by atoms with Crippen molar-refractivity contribution in [1.82, 2.24) is 15.1 Å². The van der Waals surface area contributed by atoms with Crippen molar-refractivity contribution in [3.05, 3.63) is 30.6 Å². The predicted octanol–water partition coefficient (Wildman–Crippen LogP) is 3.13. The summed E-state index contributed by atoms with van der Waals surface area (Å²) in [6.45, 7) is 9.92. The predicted molar refractivity (Wildman–Crippen MR) is 72.9 cm³/mol. The molecule has 3 heteroatoms. The summed E-state index contributed by atoms with van der Waals surface area (Å²) in [5, 5.41) is 7.91. The smallest absolute Gasteiger partial charge is 0.0762 e. The van der Waals surface area contributed by atoms with Crippen LogP contribution in [0.2, 0.25) is 0 Å². The molecule has 1 rings (SSSR count). The van der Waals surface area contributed by atoms with E-state index in [1.54, 1.807) is 0 Å². The Hall–Kier alpha value is -1.09. The van der Waals surface area contributed by atoms with E-state index in [0.717, 1.165) is 25.2 Å². The van der Waals surface area contributed by atoms with Gasteiger partial charge in [-0.05, 0) is 25.3 Å². The first-order valence-electron chi connectivity index (χ1n) is 6.59. The van der Waals surface area contributed by atoms with E-state index in [4.69, 9.17) is 0 Å². The summed E-state index contributed by atoms with van der Waals surface area (Å²) < 4.78 is 2.05. The monoisotopic (exact) mass is 235 g/mol. The summed E-state index contributed by atoms with van der Waals surface area (Å²) in [7, 11) is 0. The standard InChI is InChI=1S/C14H25N3/c1-4-5-6-7-8-10-17-11-9-14(16-17)12-15-13(2)3/h4,9,11,13,15H,1,5-8,10,12H2,2-3H3. The van der Waals surface area contributed by atoms with Crippen molar-refractivity contribution in [2.24, 2.45) is 0 Å². The molecule has 0 fully saturated rings. The van der Waals surface area contributed by atoms with Gasteiger partial charge < -0.3 is 5.32 Å². The highest BCUT2D eigenvalue weighted by Gasteiger charge is 1.99. The fourth-order valence-corrected chi connectivity index (χ4v) is 1.67. The lowest BCUT2D eigenvalue weighted by Crippen LogP contribution is -2.22. The Morgan fingerprint density at radius 1 is 1.41 bits per heavy atom. The normalized spacial score (nSPS) is 11.0. The third kappa shape index (κ3) is 6.27. The average Bonchev–Trinajstić information content (AvgIpc) is 2.74. The first kappa shape index (κ1) is 14.0. The Morgan fingerprint density at radius 3 is 2.94 bits per heavy atom. The summed E-state index contributed by atoms with van der Waals surface area (Å²) >= 11 is 0. The highest BCUT2D eigenvalue weighted by Crippen LogP contribution is 2.03. The molecule has 0 saturated heterocycles. The molecule has 0 aliphatic heterocycles. The maximum absolute atomic E-state index is 4.53. The topological polar surface area (TPSA) is 29.9 Å². The van der Waals surface area contributed by atoms with Crippen LogP contribution in [0.1, 0.15) is 45.2 Å². The molecule has 0 spiro atoms. The Morgan fingerprint density at radius 2 is 2.24 bits per heavy atom. The zero-order chi connectivity index (χ0) is 12.5. The second kappa shape index (κ2) is 8.07. The van der Waals surface area contributed by atoms with Crippen molar-refractivity contribution < 1.29 is 0 Å². The fourth-order valence-electron chi connectivity index (χ4n) is 1.67. The number of unbranched alkanes of at least 4 members (excludes halogenated alkanes) is 3. The Kier molecular flexibility index (Phi) is 6.63. The average molecular weight is 235 g/mol. The molecule has 0 bridgehead atoms. The largest absolute Gasteiger partial charge is 0.309 e. The van der Waals surface area contributed by atoms with Crippen molar-refractivity contribution in [1.29, 1.82) is 0 Å². The molecule has 0 atom stereocenters. The van der Waals surface area contributed by atoms with E-state index in [0.29, 0.717) is 6.04 Å². The summed E-state index contributed by atoms with van der Waals surface area (Å²) in [6.07, 6.45) is 8.89. The van der Waals surface area contributed by atoms with Gasteiger partial charge in [0.15, 0.2) is 0 Å². The molecule has 0 saturated carbocycles. The van der Waals surface area contributed by atoms with Gasteiger partial charge in [0.2, 0.25) is 0 Å². The van der Waals surface area contributed by atoms with Crippen LogP contribution in [0.3, 0.4) is 0 Å². The van der Waals surface area contributed by atoms with Gasteiger partial charge in [-0.1, -0.05) is 26.3 Å². The fraction of sp³-hybridized carbons (Fsp3) is 0.643. The molecule has 1 N–H and O–H groups in total. The van der Waals surface area contributed by atoms with E-state index in [1.165, 1.54) is 19.3 Å². The van der Waals surface area contributed by atoms with Gasteiger partial charge in [-0.15, -0.1) is 6.58 Å². The number of rotatable bonds is 9. The number of nitrogens with one attached hydrogen (secondary N) is 1. The lowest BCUT2D eigenvalue weighted by molar-refractivity contribution is 0.529. The van der Waals surface area contributed by atoms with Gasteiger partial charge in [0.05, 0.1) is 5.69 Å². The van der Waals surface area contributed by atoms with Crippen LogP contribution in [0.25, 0.3) is 0 Å². The van der Waals surface area contributed by atoms with Crippen LogP contribution in [-0.2, 0) is 13.1 Å². The van der Waals surface area contributed by atoms with Crippen LogP contribution in [0.5, 0.6) is 0 Å². The molecule has 96 valence electrons. The van der Waals surface area contributed by atoms with E-state index >= 15 is 0 Å². The minimum absolute atomic E-state index is 0.513. The first-order chi connectivity index (χ1) is 8.22. The van der Waals surface area contributed by atoms with E-state index in [2.05, 4.69) is 43.1 Å². The Labute approximate surface area is 105 Å². The lowest BCUT2D eigenvalue weighted by Gasteiger charge is -2.05. The van der Waals surface area contributed by atoms with Gasteiger partial charge in [0.25, 0.3) is 0 Å². The first-order valence-corrected chi connectivity index (χ1v) is 6.59. The number of nitrogens with zero attached hydrogens (tertiary/aromatic N) is 2. The van der Waals surface area contributed by atoms with Crippen LogP contribution >= 0.6 is 0 Å². The third-order valence-corrected chi connectivity index (χ3v) is 2.68. The van der Waals surface area contributed by atoms with E-state index < -0.39 is 0 Å². The Balaban J connectivity index is 2.18. The van der Waals surface area contributed by atoms with Gasteiger partial charge >= 0.3 is 0 Å². The van der Waals surface area contributed by atoms with Crippen molar-refractivity contribution >= 4 is 0 Å². The molecular formula is C14H25N3. The third-order valence-electron chi connectivity index (χ3n) is 2.68. The lowest BCUT2D eigenvalue weighted by atomic mass is 10.2. The van der Waals surface area contributed by atoms with Crippen molar-refractivity contribution in [2.75, 3.05) is 0 Å². The van der Waals surface area contributed by atoms with E-state index in [1.807, 2.05) is 10.8 Å². The molecular weight excluding hydrogens is 210 g/mol. The Bertz CT molecular complexity index is 315. The van der Waals surface area contributed by atoms with Crippen LogP contribution < -0.4 is 5.32 Å². The van der Waals surface area contributed by atoms with Crippen molar-refractivity contribution in [3.8, 4) is 0 Å². The molecule has 0 radical (unpaired) electrons. The second-order valence-electron chi connectivity index (χ2n) is 4.74. The van der Waals surface area contributed by atoms with E-state index in [9.17, 15) is 0 Å². The van der Waals surface area contributed by atoms with Crippen LogP contribution in [-0.4, -0.2) is 15.8 Å². The van der Waals surface area contributed by atoms with Gasteiger partial charge in [-0.2, -0.15) is 5.10 Å². The highest BCUT2D eigenvalue weighted by atomic mass is 15.3. The maximum Gasteiger partial charge on any atom is 0.0762 e. The van der Waals surface area contributed by atoms with Gasteiger partial charge in [-0.3, -0.25) is 4.68 Å². The molecule has 0 aliphatic rings. The molecule has 0 amide bonds. The SMILES string of the molecule is C=CCCCCCn1ccc(CNC(C)C)n1. The second-order valence-corrected chi connectivity index (χ2v) is 4.74. The summed E-state index contributed by atoms with van der Waals surface area (Å²) in [5.74, 6) is 0. The van der Waals surface area contributed by atoms with Crippen LogP contribution in [0, 0.1) is 0 Å². The van der Waals surface area contributed by atoms with Gasteiger partial charge in [-0.25, -0.2) is 0 Å². The molecule has 0 unspecified atom stereocenters. The highest BCUT2D eigenvalue weighted by molar-refractivity contribution is 4.98. The number of allylic oxidation sites excluding steroid dienone is 1. The zero-order valence-corrected chi connectivity index (χ0v) is 11.2. The summed E-state index contributed by atoms with van der Waals surface area (Å²) in [6, 6.07) is 2.61. The minimum atomic E-state index is 0.513. The van der Waals surface area contributed by atoms with Gasteiger partial charge in [0, 0.05) is 25.3 Å².